The molecule has 3 nitrogen and oxygen atoms in total. The number of benzene rings is 1. The van der Waals surface area contributed by atoms with Crippen molar-refractivity contribution in [2.45, 2.75) is 38.1 Å². The van der Waals surface area contributed by atoms with Gasteiger partial charge >= 0.3 is 0 Å². The van der Waals surface area contributed by atoms with E-state index in [2.05, 4.69) is 23.5 Å². The first-order chi connectivity index (χ1) is 9.19. The SMILES string of the molecule is CNC(CC1CCC1)c1ccc2c(c1)CC(=O)N2C. The Morgan fingerprint density at radius 3 is 2.84 bits per heavy atom. The van der Waals surface area contributed by atoms with E-state index in [1.54, 1.807) is 4.90 Å². The van der Waals surface area contributed by atoms with Gasteiger partial charge in [-0.1, -0.05) is 31.4 Å². The zero-order chi connectivity index (χ0) is 13.4. The van der Waals surface area contributed by atoms with E-state index in [1.165, 1.54) is 36.8 Å². The standard InChI is InChI=1S/C16H22N2O/c1-17-14(8-11-4-3-5-11)12-6-7-15-13(9-12)10-16(19)18(15)2/h6-7,9,11,14,17H,3-5,8,10H2,1-2H3. The van der Waals surface area contributed by atoms with Gasteiger partial charge in [-0.25, -0.2) is 0 Å². The minimum absolute atomic E-state index is 0.201. The van der Waals surface area contributed by atoms with E-state index < -0.39 is 0 Å². The molecule has 1 saturated carbocycles. The summed E-state index contributed by atoms with van der Waals surface area (Å²) in [4.78, 5) is 13.5. The second-order valence-electron chi connectivity index (χ2n) is 5.89. The van der Waals surface area contributed by atoms with Crippen molar-refractivity contribution in [1.29, 1.82) is 0 Å². The number of amides is 1. The molecule has 3 heteroatoms. The first-order valence-electron chi connectivity index (χ1n) is 7.25. The average Bonchev–Trinajstić information content (AvgIpc) is 2.64. The topological polar surface area (TPSA) is 32.3 Å². The van der Waals surface area contributed by atoms with Crippen molar-refractivity contribution < 1.29 is 4.79 Å². The lowest BCUT2D eigenvalue weighted by molar-refractivity contribution is -0.117. The molecule has 102 valence electrons. The summed E-state index contributed by atoms with van der Waals surface area (Å²) in [6.45, 7) is 0. The smallest absolute Gasteiger partial charge is 0.231 e. The lowest BCUT2D eigenvalue weighted by Gasteiger charge is -2.30. The van der Waals surface area contributed by atoms with Crippen molar-refractivity contribution in [2.75, 3.05) is 19.0 Å². The molecule has 1 unspecified atom stereocenters. The summed E-state index contributed by atoms with van der Waals surface area (Å²) in [6, 6.07) is 6.92. The minimum Gasteiger partial charge on any atom is -0.315 e. The Labute approximate surface area is 115 Å². The van der Waals surface area contributed by atoms with Gasteiger partial charge in [-0.2, -0.15) is 0 Å². The third-order valence-electron chi connectivity index (χ3n) is 4.73. The van der Waals surface area contributed by atoms with Crippen LogP contribution in [0.5, 0.6) is 0 Å². The molecule has 1 fully saturated rings. The highest BCUT2D eigenvalue weighted by Crippen LogP contribution is 2.36. The number of nitrogens with zero attached hydrogens (tertiary/aromatic N) is 1. The van der Waals surface area contributed by atoms with E-state index in [4.69, 9.17) is 0 Å². The Morgan fingerprint density at radius 2 is 2.21 bits per heavy atom. The highest BCUT2D eigenvalue weighted by molar-refractivity contribution is 6.00. The van der Waals surface area contributed by atoms with Crippen molar-refractivity contribution in [3.8, 4) is 0 Å². The number of likely N-dealkylation sites (N-methyl/N-ethyl adjacent to an activating group) is 1. The van der Waals surface area contributed by atoms with Crippen molar-refractivity contribution >= 4 is 11.6 Å². The predicted octanol–water partition coefficient (Wildman–Crippen LogP) is 2.66. The van der Waals surface area contributed by atoms with E-state index >= 15 is 0 Å². The number of fused-ring (bicyclic) bond motifs is 1. The number of carbonyl (C=O) groups is 1. The highest BCUT2D eigenvalue weighted by atomic mass is 16.2. The van der Waals surface area contributed by atoms with Gasteiger partial charge in [0.1, 0.15) is 0 Å². The van der Waals surface area contributed by atoms with Crippen LogP contribution in [0.2, 0.25) is 0 Å². The Hall–Kier alpha value is -1.35. The first kappa shape index (κ1) is 12.7. The molecule has 0 radical (unpaired) electrons. The zero-order valence-corrected chi connectivity index (χ0v) is 11.8. The Morgan fingerprint density at radius 1 is 1.42 bits per heavy atom. The molecule has 1 aliphatic heterocycles. The molecule has 3 rings (SSSR count). The second-order valence-corrected chi connectivity index (χ2v) is 5.89. The lowest BCUT2D eigenvalue weighted by Crippen LogP contribution is -2.23. The normalized spacial score (nSPS) is 20.3. The number of rotatable bonds is 4. The summed E-state index contributed by atoms with van der Waals surface area (Å²) in [5, 5.41) is 3.43. The van der Waals surface area contributed by atoms with Crippen LogP contribution in [-0.2, 0) is 11.2 Å². The van der Waals surface area contributed by atoms with Gasteiger partial charge in [-0.15, -0.1) is 0 Å². The highest BCUT2D eigenvalue weighted by Gasteiger charge is 2.26. The largest absolute Gasteiger partial charge is 0.315 e. The van der Waals surface area contributed by atoms with Gasteiger partial charge in [0.25, 0.3) is 0 Å². The predicted molar refractivity (Wildman–Crippen MR) is 77.3 cm³/mol. The molecule has 1 aromatic carbocycles. The third kappa shape index (κ3) is 2.27. The Balaban J connectivity index is 1.81. The van der Waals surface area contributed by atoms with Crippen LogP contribution >= 0.6 is 0 Å². The fourth-order valence-electron chi connectivity index (χ4n) is 3.19. The van der Waals surface area contributed by atoms with E-state index in [0.717, 1.165) is 11.6 Å². The maximum atomic E-state index is 11.7. The van der Waals surface area contributed by atoms with E-state index in [1.807, 2.05) is 14.1 Å². The number of hydrogen-bond acceptors (Lipinski definition) is 2. The van der Waals surface area contributed by atoms with Gasteiger partial charge in [0, 0.05) is 18.8 Å². The molecule has 0 aromatic heterocycles. The maximum Gasteiger partial charge on any atom is 0.231 e. The molecule has 1 aliphatic carbocycles. The molecule has 0 saturated heterocycles. The fraction of sp³-hybridized carbons (Fsp3) is 0.562. The van der Waals surface area contributed by atoms with Crippen LogP contribution in [0.15, 0.2) is 18.2 Å². The van der Waals surface area contributed by atoms with Crippen LogP contribution in [0, 0.1) is 5.92 Å². The maximum absolute atomic E-state index is 11.7. The monoisotopic (exact) mass is 258 g/mol. The summed E-state index contributed by atoms with van der Waals surface area (Å²) in [7, 11) is 3.89. The van der Waals surface area contributed by atoms with Crippen LogP contribution in [-0.4, -0.2) is 20.0 Å². The quantitative estimate of drug-likeness (QED) is 0.900. The first-order valence-corrected chi connectivity index (χ1v) is 7.25. The summed E-state index contributed by atoms with van der Waals surface area (Å²) < 4.78 is 0. The fourth-order valence-corrected chi connectivity index (χ4v) is 3.19. The summed E-state index contributed by atoms with van der Waals surface area (Å²) in [5.74, 6) is 1.09. The molecule has 1 amide bonds. The molecule has 1 heterocycles. The molecule has 1 aromatic rings. The van der Waals surface area contributed by atoms with Gasteiger partial charge in [0.05, 0.1) is 6.42 Å². The molecule has 1 atom stereocenters. The summed E-state index contributed by atoms with van der Waals surface area (Å²) in [6.07, 6.45) is 5.93. The number of carbonyl (C=O) groups excluding carboxylic acids is 1. The van der Waals surface area contributed by atoms with Crippen molar-refractivity contribution in [1.82, 2.24) is 5.32 Å². The van der Waals surface area contributed by atoms with E-state index in [9.17, 15) is 4.79 Å². The number of anilines is 1. The van der Waals surface area contributed by atoms with Gasteiger partial charge < -0.3 is 10.2 Å². The molecule has 0 bridgehead atoms. The molecule has 19 heavy (non-hydrogen) atoms. The molecular weight excluding hydrogens is 236 g/mol. The van der Waals surface area contributed by atoms with E-state index in [0.29, 0.717) is 12.5 Å². The summed E-state index contributed by atoms with van der Waals surface area (Å²) in [5.41, 5.74) is 3.59. The molecule has 0 spiro atoms. The molecule has 1 N–H and O–H groups in total. The summed E-state index contributed by atoms with van der Waals surface area (Å²) >= 11 is 0. The number of hydrogen-bond donors (Lipinski definition) is 1. The Bertz CT molecular complexity index is 494. The van der Waals surface area contributed by atoms with Crippen molar-refractivity contribution in [2.24, 2.45) is 5.92 Å². The van der Waals surface area contributed by atoms with Gasteiger partial charge in [-0.3, -0.25) is 4.79 Å². The molecular formula is C16H22N2O. The average molecular weight is 258 g/mol. The second kappa shape index (κ2) is 4.97. The Kier molecular flexibility index (Phi) is 3.31. The third-order valence-corrected chi connectivity index (χ3v) is 4.73. The van der Waals surface area contributed by atoms with Crippen LogP contribution in [0.4, 0.5) is 5.69 Å². The van der Waals surface area contributed by atoms with Gasteiger partial charge in [0.2, 0.25) is 5.91 Å². The van der Waals surface area contributed by atoms with Crippen LogP contribution in [0.1, 0.15) is 42.9 Å². The van der Waals surface area contributed by atoms with Crippen molar-refractivity contribution in [3.63, 3.8) is 0 Å². The minimum atomic E-state index is 0.201. The van der Waals surface area contributed by atoms with Crippen LogP contribution < -0.4 is 10.2 Å². The van der Waals surface area contributed by atoms with Crippen LogP contribution in [0.25, 0.3) is 0 Å². The zero-order valence-electron chi connectivity index (χ0n) is 11.8. The molecule has 2 aliphatic rings. The van der Waals surface area contributed by atoms with Crippen molar-refractivity contribution in [3.05, 3.63) is 29.3 Å². The van der Waals surface area contributed by atoms with Gasteiger partial charge in [0.15, 0.2) is 0 Å². The van der Waals surface area contributed by atoms with Gasteiger partial charge in [-0.05, 0) is 36.6 Å². The number of nitrogens with one attached hydrogen (secondary N) is 1. The lowest BCUT2D eigenvalue weighted by atomic mass is 9.79. The van der Waals surface area contributed by atoms with Crippen LogP contribution in [0.3, 0.4) is 0 Å². The van der Waals surface area contributed by atoms with E-state index in [-0.39, 0.29) is 5.91 Å².